The van der Waals surface area contributed by atoms with Crippen molar-refractivity contribution >= 4 is 23.8 Å². The lowest BCUT2D eigenvalue weighted by Gasteiger charge is -2.44. The number of nitrogens with zero attached hydrogens (tertiary/aromatic N) is 2. The van der Waals surface area contributed by atoms with E-state index in [2.05, 4.69) is 13.8 Å². The van der Waals surface area contributed by atoms with Crippen LogP contribution in [-0.4, -0.2) is 67.4 Å². The van der Waals surface area contributed by atoms with Crippen LogP contribution < -0.4 is 4.74 Å². The molecule has 6 nitrogen and oxygen atoms in total. The molecule has 2 heterocycles. The van der Waals surface area contributed by atoms with E-state index in [-0.39, 0.29) is 23.5 Å². The first-order valence-electron chi connectivity index (χ1n) is 9.29. The molecule has 2 fully saturated rings. The fourth-order valence-corrected chi connectivity index (χ4v) is 4.14. The van der Waals surface area contributed by atoms with Gasteiger partial charge in [0.25, 0.3) is 5.91 Å². The lowest BCUT2D eigenvalue weighted by molar-refractivity contribution is -0.0153. The molecule has 2 amide bonds. The smallest absolute Gasteiger partial charge is 0.410 e. The van der Waals surface area contributed by atoms with Gasteiger partial charge in [0.15, 0.2) is 0 Å². The third-order valence-electron chi connectivity index (χ3n) is 5.25. The molecule has 148 valence electrons. The number of hydrogen-bond donors (Lipinski definition) is 0. The van der Waals surface area contributed by atoms with Gasteiger partial charge >= 0.3 is 6.09 Å². The highest BCUT2D eigenvalue weighted by atomic mass is 32.2. The van der Waals surface area contributed by atoms with Crippen LogP contribution in [0.4, 0.5) is 4.79 Å². The molecule has 1 aromatic carbocycles. The Labute approximate surface area is 165 Å². The van der Waals surface area contributed by atoms with Crippen molar-refractivity contribution in [3.8, 4) is 5.75 Å². The van der Waals surface area contributed by atoms with E-state index < -0.39 is 0 Å². The number of piperidine rings is 1. The highest BCUT2D eigenvalue weighted by molar-refractivity contribution is 7.98. The minimum absolute atomic E-state index is 0.0143. The van der Waals surface area contributed by atoms with E-state index in [9.17, 15) is 9.59 Å². The van der Waals surface area contributed by atoms with Crippen molar-refractivity contribution < 1.29 is 19.1 Å². The van der Waals surface area contributed by atoms with Crippen LogP contribution >= 0.6 is 11.8 Å². The van der Waals surface area contributed by atoms with Crippen LogP contribution in [-0.2, 0) is 4.74 Å². The first-order valence-corrected chi connectivity index (χ1v) is 10.5. The van der Waals surface area contributed by atoms with Crippen LogP contribution in [0, 0.1) is 5.41 Å². The normalized spacial score (nSPS) is 20.4. The third kappa shape index (κ3) is 4.34. The van der Waals surface area contributed by atoms with Gasteiger partial charge in [0.05, 0.1) is 19.3 Å². The number of carbonyl (C=O) groups excluding carboxylic acids is 2. The van der Waals surface area contributed by atoms with E-state index in [4.69, 9.17) is 9.47 Å². The summed E-state index contributed by atoms with van der Waals surface area (Å²) in [5.41, 5.74) is 0.556. The van der Waals surface area contributed by atoms with Gasteiger partial charge in [-0.2, -0.15) is 0 Å². The van der Waals surface area contributed by atoms with Gasteiger partial charge in [-0.15, -0.1) is 11.8 Å². The van der Waals surface area contributed by atoms with Gasteiger partial charge in [-0.05, 0) is 37.3 Å². The molecule has 0 aliphatic carbocycles. The summed E-state index contributed by atoms with van der Waals surface area (Å²) in [6, 6.07) is 5.81. The molecular formula is C20H28N2O4S. The summed E-state index contributed by atoms with van der Waals surface area (Å²) in [6.45, 7) is 6.63. The van der Waals surface area contributed by atoms with Crippen molar-refractivity contribution in [1.29, 1.82) is 0 Å². The van der Waals surface area contributed by atoms with E-state index in [1.807, 2.05) is 34.3 Å². The summed E-state index contributed by atoms with van der Waals surface area (Å²) in [7, 11) is 1.59. The highest BCUT2D eigenvalue weighted by Crippen LogP contribution is 2.30. The zero-order chi connectivity index (χ0) is 19.6. The number of likely N-dealkylation sites (tertiary alicyclic amines) is 1. The minimum atomic E-state index is -0.228. The molecule has 2 saturated heterocycles. The molecule has 0 radical (unpaired) electrons. The monoisotopic (exact) mass is 392 g/mol. The number of hydrogen-bond acceptors (Lipinski definition) is 5. The Morgan fingerprint density at radius 3 is 2.63 bits per heavy atom. The fourth-order valence-electron chi connectivity index (χ4n) is 3.72. The molecule has 0 atom stereocenters. The van der Waals surface area contributed by atoms with Crippen LogP contribution in [0.25, 0.3) is 0 Å². The van der Waals surface area contributed by atoms with E-state index in [0.29, 0.717) is 37.6 Å². The second-order valence-electron chi connectivity index (χ2n) is 7.94. The van der Waals surface area contributed by atoms with E-state index >= 15 is 0 Å². The van der Waals surface area contributed by atoms with Gasteiger partial charge in [0, 0.05) is 36.0 Å². The summed E-state index contributed by atoms with van der Waals surface area (Å²) < 4.78 is 10.8. The number of ether oxygens (including phenoxy) is 2. The van der Waals surface area contributed by atoms with E-state index in [1.165, 1.54) is 0 Å². The predicted octanol–water partition coefficient (Wildman–Crippen LogP) is 3.50. The Kier molecular flexibility index (Phi) is 5.89. The number of thioether (sulfide) groups is 1. The lowest BCUT2D eigenvalue weighted by Crippen LogP contribution is -2.55. The van der Waals surface area contributed by atoms with Crippen molar-refractivity contribution in [3.05, 3.63) is 23.8 Å². The molecule has 2 aliphatic heterocycles. The Bertz CT molecular complexity index is 714. The molecule has 3 rings (SSSR count). The topological polar surface area (TPSA) is 59.1 Å². The van der Waals surface area contributed by atoms with Gasteiger partial charge in [-0.3, -0.25) is 4.79 Å². The first-order chi connectivity index (χ1) is 12.8. The van der Waals surface area contributed by atoms with Crippen LogP contribution in [0.3, 0.4) is 0 Å². The van der Waals surface area contributed by atoms with E-state index in [1.54, 1.807) is 18.9 Å². The van der Waals surface area contributed by atoms with Gasteiger partial charge < -0.3 is 19.3 Å². The molecule has 0 bridgehead atoms. The third-order valence-corrected chi connectivity index (χ3v) is 5.98. The molecule has 1 aromatic rings. The standard InChI is InChI=1S/C20H28N2O4S/c1-20(2)12-22(19(24)26-13-20)14-7-9-21(10-8-14)18(23)16-6-5-15(27-4)11-17(16)25-3/h5-6,11,14H,7-10,12-13H2,1-4H3. The van der Waals surface area contributed by atoms with Crippen LogP contribution in [0.15, 0.2) is 23.1 Å². The molecule has 0 aromatic heterocycles. The van der Waals surface area contributed by atoms with E-state index in [0.717, 1.165) is 17.7 Å². The Morgan fingerprint density at radius 2 is 2.00 bits per heavy atom. The maximum atomic E-state index is 13.0. The number of amides is 2. The SMILES string of the molecule is COc1cc(SC)ccc1C(=O)N1CCC(N2CC(C)(C)COC2=O)CC1. The van der Waals surface area contributed by atoms with Crippen LogP contribution in [0.5, 0.6) is 5.75 Å². The molecule has 27 heavy (non-hydrogen) atoms. The van der Waals surface area contributed by atoms with Crippen molar-refractivity contribution in [1.82, 2.24) is 9.80 Å². The largest absolute Gasteiger partial charge is 0.496 e. The molecular weight excluding hydrogens is 364 g/mol. The summed E-state index contributed by atoms with van der Waals surface area (Å²) in [5, 5.41) is 0. The van der Waals surface area contributed by atoms with Crippen molar-refractivity contribution in [2.24, 2.45) is 5.41 Å². The second kappa shape index (κ2) is 8.00. The molecule has 0 unspecified atom stereocenters. The summed E-state index contributed by atoms with van der Waals surface area (Å²) in [6.07, 6.45) is 3.30. The Morgan fingerprint density at radius 1 is 1.30 bits per heavy atom. The quantitative estimate of drug-likeness (QED) is 0.734. The van der Waals surface area contributed by atoms with Gasteiger partial charge in [0.2, 0.25) is 0 Å². The average Bonchev–Trinajstić information content (AvgIpc) is 2.69. The number of methoxy groups -OCH3 is 1. The number of cyclic esters (lactones) is 1. The minimum Gasteiger partial charge on any atom is -0.496 e. The molecule has 0 spiro atoms. The zero-order valence-electron chi connectivity index (χ0n) is 16.5. The number of benzene rings is 1. The summed E-state index contributed by atoms with van der Waals surface area (Å²) in [5.74, 6) is 0.592. The number of rotatable bonds is 4. The maximum absolute atomic E-state index is 13.0. The zero-order valence-corrected chi connectivity index (χ0v) is 17.3. The number of carbonyl (C=O) groups is 2. The van der Waals surface area contributed by atoms with Crippen molar-refractivity contribution in [2.45, 2.75) is 37.6 Å². The summed E-state index contributed by atoms with van der Waals surface area (Å²) >= 11 is 1.62. The van der Waals surface area contributed by atoms with Gasteiger partial charge in [-0.1, -0.05) is 13.8 Å². The highest BCUT2D eigenvalue weighted by Gasteiger charge is 2.38. The molecule has 0 saturated carbocycles. The fraction of sp³-hybridized carbons (Fsp3) is 0.600. The molecule has 7 heteroatoms. The first kappa shape index (κ1) is 19.9. The Balaban J connectivity index is 1.65. The van der Waals surface area contributed by atoms with Crippen molar-refractivity contribution in [2.75, 3.05) is 39.6 Å². The second-order valence-corrected chi connectivity index (χ2v) is 8.82. The average molecular weight is 393 g/mol. The summed E-state index contributed by atoms with van der Waals surface area (Å²) in [4.78, 5) is 29.9. The lowest BCUT2D eigenvalue weighted by atomic mass is 9.91. The van der Waals surface area contributed by atoms with Crippen LogP contribution in [0.2, 0.25) is 0 Å². The molecule has 2 aliphatic rings. The Hall–Kier alpha value is -1.89. The predicted molar refractivity (Wildman–Crippen MR) is 106 cm³/mol. The van der Waals surface area contributed by atoms with Crippen LogP contribution in [0.1, 0.15) is 37.0 Å². The van der Waals surface area contributed by atoms with Gasteiger partial charge in [0.1, 0.15) is 5.75 Å². The maximum Gasteiger partial charge on any atom is 0.410 e. The molecule has 0 N–H and O–H groups in total. The van der Waals surface area contributed by atoms with Gasteiger partial charge in [-0.25, -0.2) is 4.79 Å². The van der Waals surface area contributed by atoms with Crippen molar-refractivity contribution in [3.63, 3.8) is 0 Å².